The van der Waals surface area contributed by atoms with Crippen LogP contribution in [0.1, 0.15) is 37.7 Å². The van der Waals surface area contributed by atoms with Crippen molar-refractivity contribution in [1.29, 1.82) is 0 Å². The van der Waals surface area contributed by atoms with Crippen LogP contribution in [0.3, 0.4) is 0 Å². The first kappa shape index (κ1) is 11.3. The third-order valence-corrected chi connectivity index (χ3v) is 3.87. The molecule has 0 amide bonds. The lowest BCUT2D eigenvalue weighted by atomic mass is 9.94. The fourth-order valence-electron chi connectivity index (χ4n) is 2.68. The third kappa shape index (κ3) is 2.13. The molecule has 0 fully saturated rings. The maximum atomic E-state index is 3.25. The zero-order valence-corrected chi connectivity index (χ0v) is 10.8. The highest BCUT2D eigenvalue weighted by molar-refractivity contribution is 5.80. The largest absolute Gasteiger partial charge is 0.361 e. The Labute approximate surface area is 108 Å². The lowest BCUT2D eigenvalue weighted by Gasteiger charge is -2.10. The van der Waals surface area contributed by atoms with Crippen molar-refractivity contribution in [3.8, 4) is 0 Å². The number of fused-ring (bicyclic) bond motifs is 1. The molecule has 1 aromatic carbocycles. The molecule has 1 aliphatic carbocycles. The average molecular weight is 237 g/mol. The minimum atomic E-state index is 0.536. The van der Waals surface area contributed by atoms with Crippen LogP contribution < -0.4 is 0 Å². The number of aromatic nitrogens is 1. The van der Waals surface area contributed by atoms with E-state index < -0.39 is 0 Å². The number of hydrogen-bond acceptors (Lipinski definition) is 0. The van der Waals surface area contributed by atoms with E-state index >= 15 is 0 Å². The van der Waals surface area contributed by atoms with Gasteiger partial charge in [-0.05, 0) is 48.4 Å². The second-order valence-electron chi connectivity index (χ2n) is 5.01. The predicted molar refractivity (Wildman–Crippen MR) is 77.8 cm³/mol. The number of benzene rings is 1. The van der Waals surface area contributed by atoms with Gasteiger partial charge in [-0.15, -0.1) is 0 Å². The summed E-state index contributed by atoms with van der Waals surface area (Å²) in [5, 5.41) is 1.31. The van der Waals surface area contributed by atoms with Gasteiger partial charge in [-0.3, -0.25) is 0 Å². The molecule has 0 aliphatic heterocycles. The molecule has 1 aliphatic rings. The Kier molecular flexibility index (Phi) is 3.06. The quantitative estimate of drug-likeness (QED) is 0.712. The molecule has 1 unspecified atom stereocenters. The van der Waals surface area contributed by atoms with Crippen molar-refractivity contribution >= 4 is 10.9 Å². The molecule has 0 saturated heterocycles. The number of rotatable bonds is 2. The molecule has 1 nitrogen and oxygen atoms in total. The maximum Gasteiger partial charge on any atom is 0.0454 e. The molecule has 3 rings (SSSR count). The van der Waals surface area contributed by atoms with Crippen molar-refractivity contribution in [2.24, 2.45) is 0 Å². The summed E-state index contributed by atoms with van der Waals surface area (Å²) in [6, 6.07) is 8.89. The van der Waals surface area contributed by atoms with Crippen molar-refractivity contribution in [3.63, 3.8) is 0 Å². The standard InChI is InChI=1S/C17H19N/c1-2-13-4-3-5-14(7-6-13)15-8-9-17-16(12-15)10-11-18-17/h3,5-6,8-12,14,18H,2,4,7H2,1H3. The lowest BCUT2D eigenvalue weighted by Crippen LogP contribution is -1.92. The van der Waals surface area contributed by atoms with E-state index in [0.717, 1.165) is 12.8 Å². The van der Waals surface area contributed by atoms with E-state index in [1.54, 1.807) is 5.57 Å². The second-order valence-corrected chi connectivity index (χ2v) is 5.01. The van der Waals surface area contributed by atoms with Crippen molar-refractivity contribution in [2.75, 3.05) is 0 Å². The van der Waals surface area contributed by atoms with Crippen LogP contribution in [0.15, 0.2) is 54.3 Å². The van der Waals surface area contributed by atoms with Crippen LogP contribution in [0.2, 0.25) is 0 Å². The fourth-order valence-corrected chi connectivity index (χ4v) is 2.68. The van der Waals surface area contributed by atoms with Crippen molar-refractivity contribution in [3.05, 3.63) is 59.8 Å². The van der Waals surface area contributed by atoms with Gasteiger partial charge in [0.25, 0.3) is 0 Å². The van der Waals surface area contributed by atoms with Gasteiger partial charge in [0, 0.05) is 17.6 Å². The van der Waals surface area contributed by atoms with Gasteiger partial charge in [-0.2, -0.15) is 0 Å². The monoisotopic (exact) mass is 237 g/mol. The Bertz CT molecular complexity index is 601. The van der Waals surface area contributed by atoms with Gasteiger partial charge in [-0.25, -0.2) is 0 Å². The van der Waals surface area contributed by atoms with Gasteiger partial charge in [0.1, 0.15) is 0 Å². The highest BCUT2D eigenvalue weighted by Crippen LogP contribution is 2.29. The van der Waals surface area contributed by atoms with Gasteiger partial charge in [0.05, 0.1) is 0 Å². The summed E-state index contributed by atoms with van der Waals surface area (Å²) in [7, 11) is 0. The highest BCUT2D eigenvalue weighted by atomic mass is 14.7. The van der Waals surface area contributed by atoms with Gasteiger partial charge < -0.3 is 4.98 Å². The summed E-state index contributed by atoms with van der Waals surface area (Å²) in [4.78, 5) is 3.25. The van der Waals surface area contributed by atoms with Crippen LogP contribution in [-0.4, -0.2) is 4.98 Å². The molecule has 0 spiro atoms. The molecule has 0 saturated carbocycles. The van der Waals surface area contributed by atoms with Crippen LogP contribution in [0, 0.1) is 0 Å². The summed E-state index contributed by atoms with van der Waals surface area (Å²) in [6.45, 7) is 2.24. The number of H-pyrrole nitrogens is 1. The number of aromatic amines is 1. The topological polar surface area (TPSA) is 15.8 Å². The number of nitrogens with one attached hydrogen (secondary N) is 1. The van der Waals surface area contributed by atoms with Crippen LogP contribution in [-0.2, 0) is 0 Å². The minimum absolute atomic E-state index is 0.536. The molecule has 1 heterocycles. The van der Waals surface area contributed by atoms with Crippen LogP contribution >= 0.6 is 0 Å². The first-order valence-electron chi connectivity index (χ1n) is 6.78. The molecule has 2 aromatic rings. The van der Waals surface area contributed by atoms with Crippen LogP contribution in [0.5, 0.6) is 0 Å². The Morgan fingerprint density at radius 2 is 2.22 bits per heavy atom. The molecule has 1 aromatic heterocycles. The number of hydrogen-bond donors (Lipinski definition) is 1. The first-order chi connectivity index (χ1) is 8.86. The Morgan fingerprint density at radius 1 is 1.28 bits per heavy atom. The van der Waals surface area contributed by atoms with Crippen molar-refractivity contribution < 1.29 is 0 Å². The van der Waals surface area contributed by atoms with Crippen molar-refractivity contribution in [2.45, 2.75) is 32.1 Å². The van der Waals surface area contributed by atoms with Crippen molar-refractivity contribution in [1.82, 2.24) is 4.98 Å². The zero-order valence-electron chi connectivity index (χ0n) is 10.8. The molecular formula is C17H19N. The molecule has 1 N–H and O–H groups in total. The van der Waals surface area contributed by atoms with E-state index in [-0.39, 0.29) is 0 Å². The summed E-state index contributed by atoms with van der Waals surface area (Å²) in [6.07, 6.45) is 12.6. The molecular weight excluding hydrogens is 218 g/mol. The van der Waals surface area contributed by atoms with E-state index in [1.807, 2.05) is 6.20 Å². The van der Waals surface area contributed by atoms with Gasteiger partial charge in [0.15, 0.2) is 0 Å². The van der Waals surface area contributed by atoms with Gasteiger partial charge in [0.2, 0.25) is 0 Å². The van der Waals surface area contributed by atoms with Crippen LogP contribution in [0.25, 0.3) is 10.9 Å². The zero-order chi connectivity index (χ0) is 12.4. The van der Waals surface area contributed by atoms with Gasteiger partial charge in [-0.1, -0.05) is 36.8 Å². The molecule has 92 valence electrons. The molecule has 0 bridgehead atoms. The molecule has 18 heavy (non-hydrogen) atoms. The fraction of sp³-hybridized carbons (Fsp3) is 0.294. The van der Waals surface area contributed by atoms with E-state index in [4.69, 9.17) is 0 Å². The van der Waals surface area contributed by atoms with Crippen LogP contribution in [0.4, 0.5) is 0 Å². The summed E-state index contributed by atoms with van der Waals surface area (Å²) in [5.41, 5.74) is 4.21. The SMILES string of the molecule is CCC1=CCC(c2ccc3[nH]ccc3c2)C=CC1. The summed E-state index contributed by atoms with van der Waals surface area (Å²) >= 11 is 0. The van der Waals surface area contributed by atoms with E-state index in [1.165, 1.54) is 22.9 Å². The average Bonchev–Trinajstić information content (AvgIpc) is 2.74. The first-order valence-corrected chi connectivity index (χ1v) is 6.78. The number of allylic oxidation sites excluding steroid dienone is 4. The maximum absolute atomic E-state index is 3.25. The van der Waals surface area contributed by atoms with E-state index in [0.29, 0.717) is 5.92 Å². The third-order valence-electron chi connectivity index (χ3n) is 3.87. The smallest absolute Gasteiger partial charge is 0.0454 e. The normalized spacial score (nSPS) is 19.8. The Balaban J connectivity index is 1.92. The molecule has 1 atom stereocenters. The minimum Gasteiger partial charge on any atom is -0.361 e. The van der Waals surface area contributed by atoms with E-state index in [9.17, 15) is 0 Å². The summed E-state index contributed by atoms with van der Waals surface area (Å²) < 4.78 is 0. The highest BCUT2D eigenvalue weighted by Gasteiger charge is 2.10. The predicted octanol–water partition coefficient (Wildman–Crippen LogP) is 4.94. The lowest BCUT2D eigenvalue weighted by molar-refractivity contribution is 0.863. The Hall–Kier alpha value is -1.76. The summed E-state index contributed by atoms with van der Waals surface area (Å²) in [5.74, 6) is 0.536. The molecule has 1 heteroatoms. The van der Waals surface area contributed by atoms with Gasteiger partial charge >= 0.3 is 0 Å². The van der Waals surface area contributed by atoms with E-state index in [2.05, 4.69) is 54.4 Å². The Morgan fingerprint density at radius 3 is 3.11 bits per heavy atom. The molecule has 0 radical (unpaired) electrons. The second kappa shape index (κ2) is 4.85.